The van der Waals surface area contributed by atoms with Crippen molar-refractivity contribution in [3.8, 4) is 0 Å². The number of fused-ring (bicyclic) bond motifs is 1. The average Bonchev–Trinajstić information content (AvgIpc) is 2.91. The second kappa shape index (κ2) is 10.8. The van der Waals surface area contributed by atoms with Gasteiger partial charge in [0.05, 0.1) is 10.3 Å². The van der Waals surface area contributed by atoms with Crippen LogP contribution in [0.2, 0.25) is 5.15 Å². The molecule has 2 aromatic rings. The lowest BCUT2D eigenvalue weighted by atomic mass is 10.2. The van der Waals surface area contributed by atoms with E-state index < -0.39 is 0 Å². The number of nitrogens with zero attached hydrogens (tertiary/aromatic N) is 4. The van der Waals surface area contributed by atoms with E-state index in [4.69, 9.17) is 11.6 Å². The predicted molar refractivity (Wildman–Crippen MR) is 125 cm³/mol. The number of ketones is 1. The Bertz CT molecular complexity index is 1020. The summed E-state index contributed by atoms with van der Waals surface area (Å²) in [5.41, 5.74) is 1.91. The Balaban J connectivity index is 0.00000145. The summed E-state index contributed by atoms with van der Waals surface area (Å²) in [5.74, 6) is 0.0667. The van der Waals surface area contributed by atoms with E-state index in [1.54, 1.807) is 35.5 Å². The predicted octanol–water partition coefficient (Wildman–Crippen LogP) is 5.55. The van der Waals surface area contributed by atoms with Crippen LogP contribution in [-0.4, -0.2) is 33.1 Å². The van der Waals surface area contributed by atoms with Gasteiger partial charge in [-0.3, -0.25) is 9.79 Å². The number of aromatic nitrogens is 3. The molecule has 0 radical (unpaired) electrons. The number of hydrogen-bond acceptors (Lipinski definition) is 6. The van der Waals surface area contributed by atoms with Gasteiger partial charge >= 0.3 is 0 Å². The minimum Gasteiger partial charge on any atom is -0.350 e. The third-order valence-electron chi connectivity index (χ3n) is 3.94. The van der Waals surface area contributed by atoms with Crippen molar-refractivity contribution in [2.45, 2.75) is 20.3 Å². The minimum atomic E-state index is -0.279. The normalized spacial score (nSPS) is 12.6. The Kier molecular flexibility index (Phi) is 8.42. The topological polar surface area (TPSA) is 72.2 Å². The van der Waals surface area contributed by atoms with Crippen LogP contribution in [0.25, 0.3) is 11.0 Å². The maximum atomic E-state index is 12.8. The molecule has 0 atom stereocenters. The summed E-state index contributed by atoms with van der Waals surface area (Å²) in [6.45, 7) is 11.9. The van der Waals surface area contributed by atoms with Crippen LogP contribution in [0.15, 0.2) is 58.5 Å². The Morgan fingerprint density at radius 2 is 2.17 bits per heavy atom. The van der Waals surface area contributed by atoms with Gasteiger partial charge in [-0.2, -0.15) is 4.98 Å². The third kappa shape index (κ3) is 5.46. The summed E-state index contributed by atoms with van der Waals surface area (Å²) in [5, 5.41) is 5.79. The van der Waals surface area contributed by atoms with E-state index in [2.05, 4.69) is 33.4 Å². The fourth-order valence-electron chi connectivity index (χ4n) is 2.54. The number of halogens is 1. The van der Waals surface area contributed by atoms with Crippen LogP contribution in [0.4, 0.5) is 5.95 Å². The molecule has 0 spiro atoms. The number of thioether (sulfide) groups is 1. The molecule has 8 heteroatoms. The minimum absolute atomic E-state index is 0.261. The quantitative estimate of drug-likeness (QED) is 0.461. The molecule has 0 aliphatic carbocycles. The maximum absolute atomic E-state index is 12.8. The maximum Gasteiger partial charge on any atom is 0.225 e. The van der Waals surface area contributed by atoms with Crippen LogP contribution in [0.1, 0.15) is 30.8 Å². The first-order chi connectivity index (χ1) is 14.0. The number of Topliss-reactive ketones (excluding diaryl/α,β-unsaturated/α-hetero) is 1. The van der Waals surface area contributed by atoms with Gasteiger partial charge in [0.15, 0.2) is 0 Å². The van der Waals surface area contributed by atoms with E-state index in [-0.39, 0.29) is 11.5 Å². The second-order valence-corrected chi connectivity index (χ2v) is 7.22. The second-order valence-electron chi connectivity index (χ2n) is 5.77. The summed E-state index contributed by atoms with van der Waals surface area (Å²) in [7, 11) is 1.79. The number of nitrogens with one attached hydrogen (secondary N) is 1. The van der Waals surface area contributed by atoms with E-state index in [0.29, 0.717) is 33.6 Å². The van der Waals surface area contributed by atoms with Crippen molar-refractivity contribution in [1.82, 2.24) is 14.5 Å². The van der Waals surface area contributed by atoms with E-state index in [1.807, 2.05) is 26.0 Å². The smallest absolute Gasteiger partial charge is 0.225 e. The molecule has 29 heavy (non-hydrogen) atoms. The van der Waals surface area contributed by atoms with Crippen molar-refractivity contribution in [1.29, 1.82) is 0 Å². The molecule has 1 aliphatic heterocycles. The van der Waals surface area contributed by atoms with Gasteiger partial charge in [0.2, 0.25) is 11.7 Å². The number of carbonyl (C=O) groups is 1. The molecular weight excluding hydrogens is 406 g/mol. The molecule has 3 heterocycles. The monoisotopic (exact) mass is 429 g/mol. The highest BCUT2D eigenvalue weighted by molar-refractivity contribution is 8.06. The standard InChI is InChI=1S/C19H18ClN5OS.C2H6/c1-4-27-12(2)17(26)16-14-9-15(20)25(3)18(14)24-19(23-16)22-11-13-7-5-6-8-21-10-13;1-2/h4-6,8-10H,1-2,7,11H2,3H3,(H,22,23,24);1-2H3. The molecule has 0 saturated carbocycles. The lowest BCUT2D eigenvalue weighted by molar-refractivity contribution is 0.104. The number of rotatable bonds is 7. The third-order valence-corrected chi connectivity index (χ3v) is 4.94. The fraction of sp³-hybridized carbons (Fsp3) is 0.238. The first kappa shape index (κ1) is 22.6. The number of allylic oxidation sites excluding steroid dienone is 3. The average molecular weight is 430 g/mol. The largest absolute Gasteiger partial charge is 0.350 e. The van der Waals surface area contributed by atoms with Crippen molar-refractivity contribution < 1.29 is 4.79 Å². The van der Waals surface area contributed by atoms with E-state index in [0.717, 1.165) is 23.8 Å². The molecular formula is C21H24ClN5OS. The number of aliphatic imine (C=N–C) groups is 1. The number of carbonyl (C=O) groups excluding carboxylic acids is 1. The van der Waals surface area contributed by atoms with Crippen LogP contribution in [0.5, 0.6) is 0 Å². The van der Waals surface area contributed by atoms with Gasteiger partial charge in [0.1, 0.15) is 16.5 Å². The van der Waals surface area contributed by atoms with Crippen LogP contribution >= 0.6 is 23.4 Å². The van der Waals surface area contributed by atoms with Crippen LogP contribution in [0.3, 0.4) is 0 Å². The van der Waals surface area contributed by atoms with Gasteiger partial charge in [0.25, 0.3) is 0 Å². The summed E-state index contributed by atoms with van der Waals surface area (Å²) < 4.78 is 1.71. The zero-order chi connectivity index (χ0) is 21.4. The summed E-state index contributed by atoms with van der Waals surface area (Å²) in [6, 6.07) is 1.69. The lowest BCUT2D eigenvalue weighted by Crippen LogP contribution is -2.12. The summed E-state index contributed by atoms with van der Waals surface area (Å²) in [6.07, 6.45) is 8.25. The molecule has 0 unspecified atom stereocenters. The van der Waals surface area contributed by atoms with Crippen molar-refractivity contribution in [2.24, 2.45) is 12.0 Å². The number of aryl methyl sites for hydroxylation is 1. The molecule has 0 amide bonds. The molecule has 0 saturated heterocycles. The van der Waals surface area contributed by atoms with E-state index in [9.17, 15) is 4.79 Å². The fourth-order valence-corrected chi connectivity index (χ4v) is 3.14. The molecule has 0 aromatic carbocycles. The highest BCUT2D eigenvalue weighted by Crippen LogP contribution is 2.28. The zero-order valence-corrected chi connectivity index (χ0v) is 18.3. The highest BCUT2D eigenvalue weighted by Gasteiger charge is 2.20. The van der Waals surface area contributed by atoms with Crippen molar-refractivity contribution in [3.63, 3.8) is 0 Å². The van der Waals surface area contributed by atoms with Crippen LogP contribution in [0, 0.1) is 0 Å². The first-order valence-electron chi connectivity index (χ1n) is 9.15. The highest BCUT2D eigenvalue weighted by atomic mass is 35.5. The molecule has 6 nitrogen and oxygen atoms in total. The van der Waals surface area contributed by atoms with Crippen LogP contribution in [-0.2, 0) is 7.05 Å². The SMILES string of the molecule is C=CSC(=C)C(=O)c1nc(NCC2=CN=CC=CC2)nc2c1cc(Cl)n2C.CC. The van der Waals surface area contributed by atoms with Crippen molar-refractivity contribution in [3.05, 3.63) is 64.3 Å². The van der Waals surface area contributed by atoms with Gasteiger partial charge in [-0.05, 0) is 29.5 Å². The van der Waals surface area contributed by atoms with Gasteiger partial charge in [-0.25, -0.2) is 4.98 Å². The zero-order valence-electron chi connectivity index (χ0n) is 16.8. The molecule has 1 N–H and O–H groups in total. The Labute approximate surface area is 180 Å². The molecule has 1 aliphatic rings. The molecule has 0 fully saturated rings. The van der Waals surface area contributed by atoms with Crippen molar-refractivity contribution >= 4 is 52.3 Å². The first-order valence-corrected chi connectivity index (χ1v) is 10.4. The molecule has 2 aromatic heterocycles. The van der Waals surface area contributed by atoms with Crippen molar-refractivity contribution in [2.75, 3.05) is 11.9 Å². The van der Waals surface area contributed by atoms with Gasteiger partial charge in [-0.15, -0.1) is 0 Å². The van der Waals surface area contributed by atoms with Crippen LogP contribution < -0.4 is 5.32 Å². The molecule has 152 valence electrons. The summed E-state index contributed by atoms with van der Waals surface area (Å²) in [4.78, 5) is 26.2. The Morgan fingerprint density at radius 1 is 1.41 bits per heavy atom. The lowest BCUT2D eigenvalue weighted by Gasteiger charge is -2.10. The Morgan fingerprint density at radius 3 is 2.90 bits per heavy atom. The molecule has 3 rings (SSSR count). The summed E-state index contributed by atoms with van der Waals surface area (Å²) >= 11 is 7.39. The number of anilines is 1. The number of hydrogen-bond donors (Lipinski definition) is 1. The van der Waals surface area contributed by atoms with E-state index >= 15 is 0 Å². The van der Waals surface area contributed by atoms with Gasteiger partial charge in [0, 0.05) is 26.0 Å². The van der Waals surface area contributed by atoms with Gasteiger partial charge in [-0.1, -0.05) is 56.4 Å². The Hall–Kier alpha value is -2.64. The van der Waals surface area contributed by atoms with E-state index in [1.165, 1.54) is 0 Å². The molecule has 0 bridgehead atoms. The van der Waals surface area contributed by atoms with Gasteiger partial charge < -0.3 is 9.88 Å².